The minimum atomic E-state index is -0.952. The lowest BCUT2D eigenvalue weighted by atomic mass is 10.2. The number of carbonyl (C=O) groups is 1. The molecule has 0 bridgehead atoms. The Morgan fingerprint density at radius 1 is 1.32 bits per heavy atom. The molecule has 1 aromatic heterocycles. The van der Waals surface area contributed by atoms with Crippen LogP contribution in [-0.2, 0) is 4.79 Å². The second-order valence-electron chi connectivity index (χ2n) is 4.61. The van der Waals surface area contributed by atoms with E-state index in [1.165, 1.54) is 0 Å². The molecule has 1 aromatic carbocycles. The number of aliphatic carboxylic acids is 1. The molecule has 19 heavy (non-hydrogen) atoms. The Kier molecular flexibility index (Phi) is 2.79. The molecule has 0 spiro atoms. The monoisotopic (exact) mass is 259 g/mol. The van der Waals surface area contributed by atoms with Crippen LogP contribution in [0, 0.1) is 0 Å². The number of aliphatic hydroxyl groups excluding tert-OH is 1. The van der Waals surface area contributed by atoms with Crippen LogP contribution in [-0.4, -0.2) is 44.8 Å². The number of carboxylic acid groups (broad SMARTS) is 1. The number of benzene rings is 1. The summed E-state index contributed by atoms with van der Waals surface area (Å²) >= 11 is 0. The van der Waals surface area contributed by atoms with Crippen molar-refractivity contribution in [1.29, 1.82) is 0 Å². The molecule has 1 aliphatic rings. The van der Waals surface area contributed by atoms with Crippen molar-refractivity contribution in [2.45, 2.75) is 18.6 Å². The number of carboxylic acids is 1. The fraction of sp³-hybridized carbons (Fsp3) is 0.308. The van der Waals surface area contributed by atoms with Gasteiger partial charge in [0.1, 0.15) is 11.9 Å². The first kappa shape index (κ1) is 11.9. The second-order valence-corrected chi connectivity index (χ2v) is 4.61. The first-order chi connectivity index (χ1) is 9.15. The number of hydrogen-bond acceptors (Lipinski definition) is 5. The lowest BCUT2D eigenvalue weighted by Crippen LogP contribution is -2.36. The fourth-order valence-electron chi connectivity index (χ4n) is 2.39. The maximum absolute atomic E-state index is 11.2. The number of hydrogen-bond donors (Lipinski definition) is 2. The van der Waals surface area contributed by atoms with E-state index in [9.17, 15) is 15.0 Å². The topological polar surface area (TPSA) is 86.5 Å². The highest BCUT2D eigenvalue weighted by atomic mass is 16.4. The third-order valence-corrected chi connectivity index (χ3v) is 3.29. The molecule has 3 rings (SSSR count). The van der Waals surface area contributed by atoms with Gasteiger partial charge >= 0.3 is 5.97 Å². The van der Waals surface area contributed by atoms with E-state index < -0.39 is 18.1 Å². The first-order valence-electron chi connectivity index (χ1n) is 6.04. The molecule has 2 aromatic rings. The molecule has 6 heteroatoms. The zero-order valence-corrected chi connectivity index (χ0v) is 10.1. The fourth-order valence-corrected chi connectivity index (χ4v) is 2.39. The van der Waals surface area contributed by atoms with Gasteiger partial charge in [-0.3, -0.25) is 4.98 Å². The Bertz CT molecular complexity index is 631. The summed E-state index contributed by atoms with van der Waals surface area (Å²) in [6.07, 6.45) is 1.12. The van der Waals surface area contributed by atoms with Crippen molar-refractivity contribution in [3.05, 3.63) is 30.5 Å². The number of fused-ring (bicyclic) bond motifs is 1. The molecular weight excluding hydrogens is 246 g/mol. The van der Waals surface area contributed by atoms with Crippen molar-refractivity contribution in [3.8, 4) is 0 Å². The third-order valence-electron chi connectivity index (χ3n) is 3.29. The number of aromatic nitrogens is 2. The normalized spacial score (nSPS) is 22.9. The van der Waals surface area contributed by atoms with Crippen LogP contribution in [0.25, 0.3) is 11.0 Å². The lowest BCUT2D eigenvalue weighted by Gasteiger charge is -2.21. The summed E-state index contributed by atoms with van der Waals surface area (Å²) in [5.74, 6) is -0.464. The van der Waals surface area contributed by atoms with Gasteiger partial charge in [-0.25, -0.2) is 9.78 Å². The average molecular weight is 259 g/mol. The minimum Gasteiger partial charge on any atom is -0.480 e. The van der Waals surface area contributed by atoms with Gasteiger partial charge in [0.05, 0.1) is 23.3 Å². The number of anilines is 1. The third kappa shape index (κ3) is 2.10. The van der Waals surface area contributed by atoms with Crippen molar-refractivity contribution < 1.29 is 15.0 Å². The van der Waals surface area contributed by atoms with E-state index in [4.69, 9.17) is 0 Å². The van der Waals surface area contributed by atoms with Crippen LogP contribution in [0.2, 0.25) is 0 Å². The van der Waals surface area contributed by atoms with E-state index in [1.54, 1.807) is 11.1 Å². The Morgan fingerprint density at radius 3 is 2.79 bits per heavy atom. The molecule has 98 valence electrons. The van der Waals surface area contributed by atoms with Crippen LogP contribution in [0.4, 0.5) is 5.82 Å². The van der Waals surface area contributed by atoms with E-state index in [1.807, 2.05) is 24.3 Å². The number of β-amino-alcohol motifs (C(OH)–C–C–N with tert-alkyl or cyclic N) is 1. The van der Waals surface area contributed by atoms with Gasteiger partial charge in [-0.2, -0.15) is 0 Å². The molecule has 0 saturated carbocycles. The van der Waals surface area contributed by atoms with E-state index >= 15 is 0 Å². The molecule has 2 unspecified atom stereocenters. The predicted molar refractivity (Wildman–Crippen MR) is 68.9 cm³/mol. The lowest BCUT2D eigenvalue weighted by molar-refractivity contribution is -0.138. The average Bonchev–Trinajstić information content (AvgIpc) is 2.80. The van der Waals surface area contributed by atoms with Gasteiger partial charge in [0.15, 0.2) is 0 Å². The maximum atomic E-state index is 11.2. The summed E-state index contributed by atoms with van der Waals surface area (Å²) in [7, 11) is 0. The summed E-state index contributed by atoms with van der Waals surface area (Å²) in [5.41, 5.74) is 1.48. The van der Waals surface area contributed by atoms with Crippen molar-refractivity contribution in [2.24, 2.45) is 0 Å². The zero-order valence-electron chi connectivity index (χ0n) is 10.1. The second kappa shape index (κ2) is 4.47. The van der Waals surface area contributed by atoms with E-state index in [-0.39, 0.29) is 13.0 Å². The van der Waals surface area contributed by atoms with Crippen molar-refractivity contribution in [1.82, 2.24) is 9.97 Å². The van der Waals surface area contributed by atoms with Crippen LogP contribution in [0.5, 0.6) is 0 Å². The van der Waals surface area contributed by atoms with Gasteiger partial charge in [0.25, 0.3) is 0 Å². The summed E-state index contributed by atoms with van der Waals surface area (Å²) < 4.78 is 0. The molecule has 0 aliphatic carbocycles. The van der Waals surface area contributed by atoms with Crippen LogP contribution in [0.15, 0.2) is 30.5 Å². The zero-order chi connectivity index (χ0) is 13.4. The van der Waals surface area contributed by atoms with Crippen molar-refractivity contribution in [2.75, 3.05) is 11.4 Å². The molecule has 1 saturated heterocycles. The predicted octanol–water partition coefficient (Wildman–Crippen LogP) is 0.654. The standard InChI is InChI=1S/C13H13N3O3/c17-8-5-11(13(18)19)16(7-8)12-6-14-9-3-1-2-4-10(9)15-12/h1-4,6,8,11,17H,5,7H2,(H,18,19). The van der Waals surface area contributed by atoms with E-state index in [0.29, 0.717) is 11.3 Å². The van der Waals surface area contributed by atoms with Crippen LogP contribution >= 0.6 is 0 Å². The molecular formula is C13H13N3O3. The quantitative estimate of drug-likeness (QED) is 0.823. The Morgan fingerprint density at radius 2 is 2.05 bits per heavy atom. The van der Waals surface area contributed by atoms with Gasteiger partial charge in [0.2, 0.25) is 0 Å². The Labute approximate surface area is 109 Å². The molecule has 1 fully saturated rings. The van der Waals surface area contributed by atoms with Gasteiger partial charge in [-0.05, 0) is 12.1 Å². The Balaban J connectivity index is 2.01. The van der Waals surface area contributed by atoms with Gasteiger partial charge in [-0.1, -0.05) is 12.1 Å². The SMILES string of the molecule is O=C(O)C1CC(O)CN1c1cnc2ccccc2n1. The molecule has 0 amide bonds. The van der Waals surface area contributed by atoms with E-state index in [0.717, 1.165) is 5.52 Å². The number of nitrogens with zero attached hydrogens (tertiary/aromatic N) is 3. The van der Waals surface area contributed by atoms with Crippen molar-refractivity contribution in [3.63, 3.8) is 0 Å². The number of aliphatic hydroxyl groups is 1. The highest BCUT2D eigenvalue weighted by molar-refractivity contribution is 5.80. The molecule has 2 N–H and O–H groups in total. The van der Waals surface area contributed by atoms with E-state index in [2.05, 4.69) is 9.97 Å². The highest BCUT2D eigenvalue weighted by Gasteiger charge is 2.36. The van der Waals surface area contributed by atoms with Crippen LogP contribution in [0.1, 0.15) is 6.42 Å². The smallest absolute Gasteiger partial charge is 0.326 e. The summed E-state index contributed by atoms with van der Waals surface area (Å²) in [6, 6.07) is 6.66. The molecule has 6 nitrogen and oxygen atoms in total. The summed E-state index contributed by atoms with van der Waals surface area (Å²) in [6.45, 7) is 0.268. The molecule has 1 aliphatic heterocycles. The molecule has 2 atom stereocenters. The summed E-state index contributed by atoms with van der Waals surface area (Å²) in [5, 5.41) is 18.8. The number of rotatable bonds is 2. The van der Waals surface area contributed by atoms with Crippen molar-refractivity contribution >= 4 is 22.8 Å². The Hall–Kier alpha value is -2.21. The largest absolute Gasteiger partial charge is 0.480 e. The first-order valence-corrected chi connectivity index (χ1v) is 6.04. The van der Waals surface area contributed by atoms with Gasteiger partial charge in [0, 0.05) is 13.0 Å². The molecule has 0 radical (unpaired) electrons. The number of para-hydroxylation sites is 2. The summed E-state index contributed by atoms with van der Waals surface area (Å²) in [4.78, 5) is 21.5. The van der Waals surface area contributed by atoms with Crippen LogP contribution in [0.3, 0.4) is 0 Å². The molecule has 2 heterocycles. The maximum Gasteiger partial charge on any atom is 0.326 e. The van der Waals surface area contributed by atoms with Gasteiger partial charge < -0.3 is 15.1 Å². The minimum absolute atomic E-state index is 0.212. The van der Waals surface area contributed by atoms with Crippen LogP contribution < -0.4 is 4.90 Å². The van der Waals surface area contributed by atoms with Gasteiger partial charge in [-0.15, -0.1) is 0 Å². The highest BCUT2D eigenvalue weighted by Crippen LogP contribution is 2.25.